The highest BCUT2D eigenvalue weighted by Gasteiger charge is 2.06. The molecule has 0 aliphatic carbocycles. The molecule has 6 heteroatoms. The summed E-state index contributed by atoms with van der Waals surface area (Å²) in [6.07, 6.45) is 3.13. The van der Waals surface area contributed by atoms with Gasteiger partial charge in [0.25, 0.3) is 0 Å². The molecule has 0 spiro atoms. The Labute approximate surface area is 155 Å². The molecule has 2 heterocycles. The molecule has 0 aliphatic heterocycles. The number of ether oxygens (including phenoxy) is 1. The van der Waals surface area contributed by atoms with Crippen LogP contribution < -0.4 is 10.1 Å². The highest BCUT2D eigenvalue weighted by Crippen LogP contribution is 2.25. The Morgan fingerprint density at radius 2 is 1.73 bits per heavy atom. The fraction of sp³-hybridized carbons (Fsp3) is 0.0500. The molecule has 26 heavy (non-hydrogen) atoms. The summed E-state index contributed by atoms with van der Waals surface area (Å²) in [5, 5.41) is 4.50. The summed E-state index contributed by atoms with van der Waals surface area (Å²) in [6.45, 7) is 0.537. The number of hydrogen-bond donors (Lipinski definition) is 1. The Morgan fingerprint density at radius 1 is 0.923 bits per heavy atom. The van der Waals surface area contributed by atoms with E-state index in [2.05, 4.69) is 20.3 Å². The minimum atomic E-state index is 0.403. The maximum atomic E-state index is 5.99. The smallest absolute Gasteiger partial charge is 0.141 e. The first-order valence-electron chi connectivity index (χ1n) is 8.08. The van der Waals surface area contributed by atoms with Crippen molar-refractivity contribution < 1.29 is 4.74 Å². The number of benzene rings is 2. The predicted octanol–water partition coefficient (Wildman–Crippen LogP) is 5.00. The number of halogens is 1. The van der Waals surface area contributed by atoms with Crippen LogP contribution in [0.2, 0.25) is 5.15 Å². The summed E-state index contributed by atoms with van der Waals surface area (Å²) in [6, 6.07) is 19.5. The number of rotatable bonds is 5. The third kappa shape index (κ3) is 3.73. The molecule has 0 aliphatic rings. The number of nitrogens with one attached hydrogen (secondary N) is 1. The summed E-state index contributed by atoms with van der Waals surface area (Å²) >= 11 is 5.99. The van der Waals surface area contributed by atoms with Crippen LogP contribution in [-0.2, 0) is 6.61 Å². The van der Waals surface area contributed by atoms with Crippen LogP contribution in [0.5, 0.6) is 5.75 Å². The van der Waals surface area contributed by atoms with Crippen molar-refractivity contribution in [2.45, 2.75) is 6.61 Å². The quantitative estimate of drug-likeness (QED) is 0.506. The van der Waals surface area contributed by atoms with E-state index >= 15 is 0 Å². The lowest BCUT2D eigenvalue weighted by atomic mass is 10.2. The SMILES string of the molecule is Clc1cc2c(Nc3ccc(OCc4ccccc4)cc3)ncnc2cn1. The van der Waals surface area contributed by atoms with Crippen molar-refractivity contribution in [3.63, 3.8) is 0 Å². The number of hydrogen-bond acceptors (Lipinski definition) is 5. The van der Waals surface area contributed by atoms with Crippen molar-refractivity contribution >= 4 is 34.0 Å². The van der Waals surface area contributed by atoms with Gasteiger partial charge in [0.05, 0.1) is 11.7 Å². The van der Waals surface area contributed by atoms with Gasteiger partial charge in [-0.25, -0.2) is 15.0 Å². The molecule has 0 fully saturated rings. The van der Waals surface area contributed by atoms with Crippen LogP contribution in [0.25, 0.3) is 10.9 Å². The Hall–Kier alpha value is -3.18. The fourth-order valence-electron chi connectivity index (χ4n) is 2.55. The first-order chi connectivity index (χ1) is 12.8. The molecule has 4 aromatic rings. The third-order valence-corrected chi connectivity index (χ3v) is 4.06. The van der Waals surface area contributed by atoms with Crippen molar-refractivity contribution in [2.24, 2.45) is 0 Å². The zero-order chi connectivity index (χ0) is 17.8. The van der Waals surface area contributed by atoms with Gasteiger partial charge in [-0.1, -0.05) is 41.9 Å². The van der Waals surface area contributed by atoms with E-state index in [0.29, 0.717) is 17.6 Å². The molecule has 0 unspecified atom stereocenters. The molecule has 0 saturated carbocycles. The van der Waals surface area contributed by atoms with Crippen LogP contribution in [0.1, 0.15) is 5.56 Å². The molecule has 1 N–H and O–H groups in total. The van der Waals surface area contributed by atoms with E-state index in [4.69, 9.17) is 16.3 Å². The zero-order valence-corrected chi connectivity index (χ0v) is 14.5. The molecule has 2 aromatic heterocycles. The van der Waals surface area contributed by atoms with E-state index in [1.807, 2.05) is 54.6 Å². The van der Waals surface area contributed by atoms with Crippen molar-refractivity contribution in [3.05, 3.63) is 83.9 Å². The maximum absolute atomic E-state index is 5.99. The van der Waals surface area contributed by atoms with Gasteiger partial charge < -0.3 is 10.1 Å². The number of aromatic nitrogens is 3. The number of anilines is 2. The van der Waals surface area contributed by atoms with Crippen molar-refractivity contribution in [3.8, 4) is 5.75 Å². The van der Waals surface area contributed by atoms with E-state index in [-0.39, 0.29) is 0 Å². The molecular weight excluding hydrogens is 348 g/mol. The Balaban J connectivity index is 1.49. The van der Waals surface area contributed by atoms with Crippen LogP contribution in [-0.4, -0.2) is 15.0 Å². The lowest BCUT2D eigenvalue weighted by Gasteiger charge is -2.10. The number of nitrogens with zero attached hydrogens (tertiary/aromatic N) is 3. The van der Waals surface area contributed by atoms with E-state index in [1.165, 1.54) is 6.33 Å². The van der Waals surface area contributed by atoms with Crippen molar-refractivity contribution in [1.29, 1.82) is 0 Å². The highest BCUT2D eigenvalue weighted by atomic mass is 35.5. The Morgan fingerprint density at radius 3 is 2.54 bits per heavy atom. The Kier molecular flexibility index (Phi) is 4.62. The third-order valence-electron chi connectivity index (χ3n) is 3.85. The van der Waals surface area contributed by atoms with E-state index < -0.39 is 0 Å². The molecule has 4 rings (SSSR count). The average molecular weight is 363 g/mol. The summed E-state index contributed by atoms with van der Waals surface area (Å²) in [4.78, 5) is 12.5. The maximum Gasteiger partial charge on any atom is 0.141 e. The minimum Gasteiger partial charge on any atom is -0.489 e. The second-order valence-electron chi connectivity index (χ2n) is 5.67. The monoisotopic (exact) mass is 362 g/mol. The first kappa shape index (κ1) is 16.3. The second kappa shape index (κ2) is 7.37. The molecule has 0 radical (unpaired) electrons. The molecule has 2 aromatic carbocycles. The number of fused-ring (bicyclic) bond motifs is 1. The average Bonchev–Trinajstić information content (AvgIpc) is 2.69. The Bertz CT molecular complexity index is 1020. The van der Waals surface area contributed by atoms with Gasteiger partial charge in [-0.2, -0.15) is 0 Å². The van der Waals surface area contributed by atoms with E-state index in [0.717, 1.165) is 27.9 Å². The normalized spacial score (nSPS) is 10.7. The van der Waals surface area contributed by atoms with Crippen LogP contribution >= 0.6 is 11.6 Å². The predicted molar refractivity (Wildman–Crippen MR) is 103 cm³/mol. The van der Waals surface area contributed by atoms with Crippen LogP contribution in [0.15, 0.2) is 73.2 Å². The van der Waals surface area contributed by atoms with Crippen LogP contribution in [0.4, 0.5) is 11.5 Å². The molecular formula is C20H15ClN4O. The standard InChI is InChI=1S/C20H15ClN4O/c21-19-10-17-18(11-22-19)23-13-24-20(17)25-15-6-8-16(9-7-15)26-12-14-4-2-1-3-5-14/h1-11,13H,12H2,(H,23,24,25). The second-order valence-corrected chi connectivity index (χ2v) is 6.06. The summed E-state index contributed by atoms with van der Waals surface area (Å²) in [5.74, 6) is 1.48. The molecule has 128 valence electrons. The molecule has 0 amide bonds. The molecule has 5 nitrogen and oxygen atoms in total. The van der Waals surface area contributed by atoms with E-state index in [9.17, 15) is 0 Å². The van der Waals surface area contributed by atoms with Crippen molar-refractivity contribution in [2.75, 3.05) is 5.32 Å². The van der Waals surface area contributed by atoms with Gasteiger partial charge in [-0.15, -0.1) is 0 Å². The lowest BCUT2D eigenvalue weighted by Crippen LogP contribution is -1.97. The number of pyridine rings is 1. The van der Waals surface area contributed by atoms with Gasteiger partial charge in [0.1, 0.15) is 29.7 Å². The largest absolute Gasteiger partial charge is 0.489 e. The van der Waals surface area contributed by atoms with Gasteiger partial charge in [0.2, 0.25) is 0 Å². The van der Waals surface area contributed by atoms with Crippen LogP contribution in [0, 0.1) is 0 Å². The summed E-state index contributed by atoms with van der Waals surface area (Å²) in [7, 11) is 0. The van der Waals surface area contributed by atoms with Gasteiger partial charge in [-0.05, 0) is 35.9 Å². The molecule has 0 atom stereocenters. The molecule has 0 saturated heterocycles. The first-order valence-corrected chi connectivity index (χ1v) is 8.46. The van der Waals surface area contributed by atoms with Crippen LogP contribution in [0.3, 0.4) is 0 Å². The highest BCUT2D eigenvalue weighted by molar-refractivity contribution is 6.30. The van der Waals surface area contributed by atoms with Gasteiger partial charge in [0.15, 0.2) is 0 Å². The summed E-state index contributed by atoms with van der Waals surface area (Å²) < 4.78 is 5.80. The van der Waals surface area contributed by atoms with Gasteiger partial charge >= 0.3 is 0 Å². The topological polar surface area (TPSA) is 59.9 Å². The lowest BCUT2D eigenvalue weighted by molar-refractivity contribution is 0.306. The zero-order valence-electron chi connectivity index (χ0n) is 13.8. The fourth-order valence-corrected chi connectivity index (χ4v) is 2.70. The minimum absolute atomic E-state index is 0.403. The van der Waals surface area contributed by atoms with Gasteiger partial charge in [0, 0.05) is 11.1 Å². The molecule has 0 bridgehead atoms. The van der Waals surface area contributed by atoms with Crippen molar-refractivity contribution in [1.82, 2.24) is 15.0 Å². The summed E-state index contributed by atoms with van der Waals surface area (Å²) in [5.41, 5.74) is 2.76. The van der Waals surface area contributed by atoms with Gasteiger partial charge in [-0.3, -0.25) is 0 Å². The van der Waals surface area contributed by atoms with E-state index in [1.54, 1.807) is 12.3 Å².